The predicted octanol–water partition coefficient (Wildman–Crippen LogP) is 3.41. The molecule has 1 aromatic heterocycles. The summed E-state index contributed by atoms with van der Waals surface area (Å²) >= 11 is 6.03. The molecule has 54 heavy (non-hydrogen) atoms. The molecule has 3 atom stereocenters. The number of para-hydroxylation sites is 1. The number of carbonyl (C=O) groups is 3. The fraction of sp³-hybridized carbons (Fsp3) is 0.205. The van der Waals surface area contributed by atoms with Crippen molar-refractivity contribution in [2.75, 3.05) is 19.6 Å². The summed E-state index contributed by atoms with van der Waals surface area (Å²) < 4.78 is 28.9. The maximum atomic E-state index is 14.6. The van der Waals surface area contributed by atoms with E-state index in [-0.39, 0.29) is 49.8 Å². The highest BCUT2D eigenvalue weighted by Gasteiger charge is 2.47. The van der Waals surface area contributed by atoms with Gasteiger partial charge in [-0.15, -0.1) is 6.58 Å². The third kappa shape index (κ3) is 8.33. The van der Waals surface area contributed by atoms with Crippen LogP contribution >= 0.6 is 11.6 Å². The molecule has 1 fully saturated rings. The van der Waals surface area contributed by atoms with Crippen LogP contribution in [0.5, 0.6) is 5.75 Å². The van der Waals surface area contributed by atoms with Gasteiger partial charge in [0.1, 0.15) is 11.8 Å². The van der Waals surface area contributed by atoms with Crippen LogP contribution < -0.4 is 15.7 Å². The zero-order chi connectivity index (χ0) is 38.4. The molecule has 0 aliphatic carbocycles. The summed E-state index contributed by atoms with van der Waals surface area (Å²) in [6.45, 7) is 3.28. The number of aromatic nitrogens is 1. The number of carbonyl (C=O) groups excluding carboxylic acids is 3. The van der Waals surface area contributed by atoms with Gasteiger partial charge in [-0.3, -0.25) is 19.6 Å². The summed E-state index contributed by atoms with van der Waals surface area (Å²) in [7, 11) is -4.11. The molecule has 0 saturated carbocycles. The fourth-order valence-electron chi connectivity index (χ4n) is 6.55. The first-order valence-corrected chi connectivity index (χ1v) is 18.9. The van der Waals surface area contributed by atoms with E-state index in [1.165, 1.54) is 52.4 Å². The van der Waals surface area contributed by atoms with Crippen molar-refractivity contribution in [3.8, 4) is 5.75 Å². The van der Waals surface area contributed by atoms with Gasteiger partial charge in [-0.25, -0.2) is 17.2 Å². The van der Waals surface area contributed by atoms with Crippen LogP contribution in [0.4, 0.5) is 4.79 Å². The molecule has 6 rings (SSSR count). The standard InChI is InChI=1S/C39H39ClN6O7S/c1-2-20-41-24-36(48)45-34(22-27-11-15-32(47)16-12-27)38(49)43(26-35(45)46(51)39(50)42-23-28-7-4-3-5-8-28)25-30-10-6-9-29-19-21-44(37(29)30)54(52,53)33-17-13-31(40)14-18-33/h2-19,21,34-35,41,46-47H,1,20,22-26H2,(H,42,50)/t34-,35-/m0/s1. The molecule has 0 bridgehead atoms. The second-order valence-electron chi connectivity index (χ2n) is 12.8. The van der Waals surface area contributed by atoms with Crippen molar-refractivity contribution in [2.24, 2.45) is 0 Å². The van der Waals surface area contributed by atoms with Gasteiger partial charge in [0.05, 0.1) is 23.5 Å². The number of rotatable bonds is 13. The lowest BCUT2D eigenvalue weighted by Crippen LogP contribution is -3.18. The SMILES string of the molecule is C=CCNCC(=O)N1[C@@H](Cc2ccc(O)cc2)C(=O)N(Cc2cccc3ccn(S(=O)(=O)c4ccc(Cl)cc4)c23)C[C@@H]1[NH+]([O-])C(=O)NCc1ccccc1. The van der Waals surface area contributed by atoms with Crippen LogP contribution in [0.1, 0.15) is 16.7 Å². The average molecular weight is 771 g/mol. The van der Waals surface area contributed by atoms with Crippen LogP contribution in [0.25, 0.3) is 10.9 Å². The van der Waals surface area contributed by atoms with Gasteiger partial charge >= 0.3 is 6.03 Å². The maximum absolute atomic E-state index is 14.6. The Morgan fingerprint density at radius 1 is 0.963 bits per heavy atom. The average Bonchev–Trinajstić information content (AvgIpc) is 3.63. The second-order valence-corrected chi connectivity index (χ2v) is 15.1. The number of hydrogen-bond donors (Lipinski definition) is 4. The molecule has 4 aromatic carbocycles. The number of hydroxylamine groups is 2. The number of phenols is 1. The lowest BCUT2D eigenvalue weighted by Gasteiger charge is -2.48. The Kier molecular flexibility index (Phi) is 11.8. The zero-order valence-corrected chi connectivity index (χ0v) is 30.7. The first-order valence-electron chi connectivity index (χ1n) is 17.1. The molecular weight excluding hydrogens is 732 g/mol. The van der Waals surface area contributed by atoms with Gasteiger partial charge in [0.15, 0.2) is 6.17 Å². The number of piperazine rings is 1. The van der Waals surface area contributed by atoms with E-state index in [1.807, 2.05) is 6.07 Å². The molecule has 1 aliphatic heterocycles. The molecule has 0 radical (unpaired) electrons. The van der Waals surface area contributed by atoms with Gasteiger partial charge in [0.25, 0.3) is 10.0 Å². The topological polar surface area (TPSA) is 169 Å². The van der Waals surface area contributed by atoms with Crippen LogP contribution in [0.2, 0.25) is 5.02 Å². The smallest absolute Gasteiger partial charge is 0.416 e. The van der Waals surface area contributed by atoms with Crippen LogP contribution in [0.3, 0.4) is 0 Å². The van der Waals surface area contributed by atoms with E-state index in [9.17, 15) is 33.1 Å². The van der Waals surface area contributed by atoms with Crippen LogP contribution in [-0.2, 0) is 39.1 Å². The Morgan fingerprint density at radius 3 is 2.39 bits per heavy atom. The number of fused-ring (bicyclic) bond motifs is 1. The normalized spacial score (nSPS) is 16.7. The molecule has 1 unspecified atom stereocenters. The molecule has 1 saturated heterocycles. The first kappa shape index (κ1) is 38.2. The largest absolute Gasteiger partial charge is 0.624 e. The number of nitrogens with one attached hydrogen (secondary N) is 3. The number of hydrogen-bond acceptors (Lipinski definition) is 8. The second kappa shape index (κ2) is 16.7. The van der Waals surface area contributed by atoms with Crippen LogP contribution in [-0.4, -0.2) is 77.0 Å². The number of benzene rings is 4. The quantitative estimate of drug-likeness (QED) is 0.0803. The van der Waals surface area contributed by atoms with E-state index in [0.717, 1.165) is 9.54 Å². The number of nitrogens with zero attached hydrogens (tertiary/aromatic N) is 3. The van der Waals surface area contributed by atoms with Gasteiger partial charge in [0.2, 0.25) is 11.8 Å². The van der Waals surface area contributed by atoms with Gasteiger partial charge in [-0.05, 0) is 59.2 Å². The predicted molar refractivity (Wildman–Crippen MR) is 204 cm³/mol. The molecule has 13 nitrogen and oxygen atoms in total. The summed E-state index contributed by atoms with van der Waals surface area (Å²) in [6, 6.07) is 25.6. The highest BCUT2D eigenvalue weighted by Crippen LogP contribution is 2.29. The molecule has 1 aliphatic rings. The van der Waals surface area contributed by atoms with Crippen molar-refractivity contribution >= 4 is 50.4 Å². The van der Waals surface area contributed by atoms with Crippen LogP contribution in [0.15, 0.2) is 127 Å². The number of halogens is 1. The minimum absolute atomic E-state index is 0.00435. The maximum Gasteiger partial charge on any atom is 0.416 e. The van der Waals surface area contributed by atoms with Crippen molar-refractivity contribution in [3.63, 3.8) is 0 Å². The number of aromatic hydroxyl groups is 1. The van der Waals surface area contributed by atoms with Gasteiger partial charge in [0, 0.05) is 42.7 Å². The Hall–Kier alpha value is -5.51. The minimum atomic E-state index is -4.11. The summed E-state index contributed by atoms with van der Waals surface area (Å²) in [5.41, 5.74) is 2.13. The van der Waals surface area contributed by atoms with Gasteiger partial charge in [-0.1, -0.05) is 78.3 Å². The van der Waals surface area contributed by atoms with E-state index in [4.69, 9.17) is 11.6 Å². The number of quaternary nitrogens is 1. The summed E-state index contributed by atoms with van der Waals surface area (Å²) in [5.74, 6) is -1.08. The third-order valence-corrected chi connectivity index (χ3v) is 11.1. The fourth-order valence-corrected chi connectivity index (χ4v) is 8.07. The summed E-state index contributed by atoms with van der Waals surface area (Å²) in [4.78, 5) is 44.6. The molecule has 0 spiro atoms. The Balaban J connectivity index is 1.39. The highest BCUT2D eigenvalue weighted by atomic mass is 35.5. The van der Waals surface area contributed by atoms with E-state index < -0.39 is 45.1 Å². The van der Waals surface area contributed by atoms with Crippen molar-refractivity contribution < 1.29 is 33.0 Å². The van der Waals surface area contributed by atoms with Crippen molar-refractivity contribution in [1.29, 1.82) is 0 Å². The molecule has 5 aromatic rings. The Labute approximate surface area is 317 Å². The molecule has 4 N–H and O–H groups in total. The lowest BCUT2D eigenvalue weighted by molar-refractivity contribution is -0.805. The van der Waals surface area contributed by atoms with Crippen molar-refractivity contribution in [1.82, 2.24) is 24.4 Å². The first-order chi connectivity index (χ1) is 26.0. The number of phenolic OH excluding ortho intramolecular Hbond substituents is 1. The van der Waals surface area contributed by atoms with E-state index in [2.05, 4.69) is 17.2 Å². The van der Waals surface area contributed by atoms with E-state index in [0.29, 0.717) is 27.1 Å². The Morgan fingerprint density at radius 2 is 1.69 bits per heavy atom. The molecular formula is C39H39ClN6O7S. The van der Waals surface area contributed by atoms with E-state index in [1.54, 1.807) is 66.7 Å². The lowest BCUT2D eigenvalue weighted by atomic mass is 9.98. The zero-order valence-electron chi connectivity index (χ0n) is 29.1. The van der Waals surface area contributed by atoms with E-state index >= 15 is 0 Å². The molecule has 280 valence electrons. The number of urea groups is 1. The minimum Gasteiger partial charge on any atom is -0.624 e. The molecule has 4 amide bonds. The van der Waals surface area contributed by atoms with Crippen molar-refractivity contribution in [2.45, 2.75) is 36.6 Å². The highest BCUT2D eigenvalue weighted by molar-refractivity contribution is 7.90. The van der Waals surface area contributed by atoms with Crippen molar-refractivity contribution in [3.05, 3.63) is 149 Å². The molecule has 15 heteroatoms. The van der Waals surface area contributed by atoms with Gasteiger partial charge < -0.3 is 25.8 Å². The summed E-state index contributed by atoms with van der Waals surface area (Å²) in [5, 5.41) is 29.7. The monoisotopic (exact) mass is 770 g/mol. The Bertz CT molecular complexity index is 2250. The number of amides is 4. The van der Waals surface area contributed by atoms with Gasteiger partial charge in [-0.2, -0.15) is 0 Å². The van der Waals surface area contributed by atoms with Crippen LogP contribution in [0, 0.1) is 5.21 Å². The summed E-state index contributed by atoms with van der Waals surface area (Å²) in [6.07, 6.45) is 1.57. The third-order valence-electron chi connectivity index (χ3n) is 9.19. The molecule has 2 heterocycles.